The van der Waals surface area contributed by atoms with Gasteiger partial charge in [0, 0.05) is 19.0 Å². The molecule has 0 saturated heterocycles. The Labute approximate surface area is 142 Å². The highest BCUT2D eigenvalue weighted by atomic mass is 16.5. The van der Waals surface area contributed by atoms with Gasteiger partial charge in [-0.3, -0.25) is 4.79 Å². The van der Waals surface area contributed by atoms with E-state index in [2.05, 4.69) is 18.3 Å². The van der Waals surface area contributed by atoms with E-state index in [1.807, 2.05) is 20.9 Å². The molecule has 130 valence electrons. The van der Waals surface area contributed by atoms with Crippen LogP contribution in [0.15, 0.2) is 11.6 Å². The van der Waals surface area contributed by atoms with Gasteiger partial charge in [0.15, 0.2) is 0 Å². The number of benzene rings is 1. The van der Waals surface area contributed by atoms with Crippen LogP contribution in [0.5, 0.6) is 0 Å². The van der Waals surface area contributed by atoms with Gasteiger partial charge in [-0.05, 0) is 49.8 Å². The van der Waals surface area contributed by atoms with E-state index in [0.29, 0.717) is 25.0 Å². The minimum Gasteiger partial charge on any atom is -0.481 e. The van der Waals surface area contributed by atoms with Crippen molar-refractivity contribution in [2.45, 2.75) is 53.1 Å². The van der Waals surface area contributed by atoms with Crippen molar-refractivity contribution in [1.29, 1.82) is 0 Å². The van der Waals surface area contributed by atoms with Crippen molar-refractivity contribution in [1.82, 2.24) is 0 Å². The molecule has 0 spiro atoms. The molecule has 0 radical (unpaired) electrons. The molecule has 0 unspecified atom stereocenters. The maximum Gasteiger partial charge on any atom is 0.341 e. The van der Waals surface area contributed by atoms with E-state index in [4.69, 9.17) is 9.84 Å². The van der Waals surface area contributed by atoms with Gasteiger partial charge in [-0.1, -0.05) is 18.6 Å². The molecule has 0 aliphatic carbocycles. The number of aliphatic carboxylic acids is 1. The van der Waals surface area contributed by atoms with Crippen LogP contribution in [0, 0.1) is 6.92 Å². The first-order chi connectivity index (χ1) is 11.4. The molecule has 0 aromatic heterocycles. The minimum absolute atomic E-state index is 0.136. The highest BCUT2D eigenvalue weighted by molar-refractivity contribution is 6.01. The molecule has 2 N–H and O–H groups in total. The quantitative estimate of drug-likeness (QED) is 0.589. The summed E-state index contributed by atoms with van der Waals surface area (Å²) in [4.78, 5) is 22.8. The Morgan fingerprint density at radius 2 is 2.04 bits per heavy atom. The minimum atomic E-state index is -0.788. The predicted octanol–water partition coefficient (Wildman–Crippen LogP) is 3.62. The second-order valence-corrected chi connectivity index (χ2v) is 6.14. The first-order valence-corrected chi connectivity index (χ1v) is 8.30. The molecule has 0 bridgehead atoms. The number of carboxylic acids is 1. The Bertz CT molecular complexity index is 704. The van der Waals surface area contributed by atoms with Crippen molar-refractivity contribution in [2.75, 3.05) is 12.4 Å². The van der Waals surface area contributed by atoms with Gasteiger partial charge in [0.1, 0.15) is 6.61 Å². The zero-order chi connectivity index (χ0) is 17.9. The zero-order valence-corrected chi connectivity index (χ0v) is 14.8. The smallest absolute Gasteiger partial charge is 0.341 e. The van der Waals surface area contributed by atoms with Crippen LogP contribution in [0.3, 0.4) is 0 Å². The van der Waals surface area contributed by atoms with E-state index in [9.17, 15) is 9.59 Å². The molecular weight excluding hydrogens is 306 g/mol. The lowest BCUT2D eigenvalue weighted by Gasteiger charge is -2.19. The number of carbonyl (C=O) groups excluding carboxylic acids is 1. The van der Waals surface area contributed by atoms with Gasteiger partial charge in [0.05, 0.1) is 11.3 Å². The fourth-order valence-corrected chi connectivity index (χ4v) is 3.33. The Kier molecular flexibility index (Phi) is 5.65. The predicted molar refractivity (Wildman–Crippen MR) is 93.6 cm³/mol. The molecule has 1 aromatic carbocycles. The fourth-order valence-electron chi connectivity index (χ4n) is 3.33. The number of cyclic esters (lactones) is 1. The lowest BCUT2D eigenvalue weighted by Crippen LogP contribution is -2.10. The molecule has 1 aliphatic rings. The molecular formula is C19H25NO4. The molecule has 0 saturated carbocycles. The number of nitrogens with one attached hydrogen (secondary N) is 1. The number of carboxylic acid groups (broad SMARTS) is 1. The molecule has 1 heterocycles. The highest BCUT2D eigenvalue weighted by Crippen LogP contribution is 2.37. The number of esters is 1. The molecule has 5 heteroatoms. The number of anilines is 1. The first kappa shape index (κ1) is 18.0. The standard InChI is InChI=1S/C19H25NO4/c1-5-13-12(3)15-10-24-19(23)17(15)18(20-4)14(13)8-6-11(2)7-9-16(21)22/h6,20H,5,7-10H2,1-4H3,(H,21,22). The van der Waals surface area contributed by atoms with Gasteiger partial charge in [0.25, 0.3) is 0 Å². The van der Waals surface area contributed by atoms with E-state index >= 15 is 0 Å². The van der Waals surface area contributed by atoms with Crippen LogP contribution in [0.2, 0.25) is 0 Å². The Morgan fingerprint density at radius 1 is 1.33 bits per heavy atom. The number of fused-ring (bicyclic) bond motifs is 1. The van der Waals surface area contributed by atoms with Crippen LogP contribution in [0.1, 0.15) is 59.3 Å². The lowest BCUT2D eigenvalue weighted by atomic mass is 9.88. The molecule has 0 atom stereocenters. The van der Waals surface area contributed by atoms with Crippen LogP contribution in [0.25, 0.3) is 0 Å². The summed E-state index contributed by atoms with van der Waals surface area (Å²) < 4.78 is 5.23. The summed E-state index contributed by atoms with van der Waals surface area (Å²) in [6.45, 7) is 6.44. The van der Waals surface area contributed by atoms with Crippen molar-refractivity contribution in [2.24, 2.45) is 0 Å². The summed E-state index contributed by atoms with van der Waals surface area (Å²) in [5.74, 6) is -1.06. The van der Waals surface area contributed by atoms with Crippen molar-refractivity contribution >= 4 is 17.6 Å². The van der Waals surface area contributed by atoms with Crippen LogP contribution < -0.4 is 5.32 Å². The monoisotopic (exact) mass is 331 g/mol. The van der Waals surface area contributed by atoms with Crippen LogP contribution in [0.4, 0.5) is 5.69 Å². The number of allylic oxidation sites excluding steroid dienone is 2. The SMILES string of the molecule is CCc1c(C)c2c(c(NC)c1CC=C(C)CCC(=O)O)C(=O)OC2. The summed E-state index contributed by atoms with van der Waals surface area (Å²) in [6.07, 6.45) is 4.28. The summed E-state index contributed by atoms with van der Waals surface area (Å²) in [6, 6.07) is 0. The summed E-state index contributed by atoms with van der Waals surface area (Å²) in [5.41, 5.74) is 6.99. The maximum atomic E-state index is 12.1. The molecule has 1 aliphatic heterocycles. The van der Waals surface area contributed by atoms with Gasteiger partial charge < -0.3 is 15.2 Å². The largest absolute Gasteiger partial charge is 0.481 e. The zero-order valence-electron chi connectivity index (χ0n) is 14.8. The van der Waals surface area contributed by atoms with Gasteiger partial charge in [0.2, 0.25) is 0 Å². The van der Waals surface area contributed by atoms with Crippen LogP contribution in [-0.4, -0.2) is 24.1 Å². The third kappa shape index (κ3) is 3.45. The second kappa shape index (κ2) is 7.51. The third-order valence-corrected chi connectivity index (χ3v) is 4.67. The van der Waals surface area contributed by atoms with E-state index in [1.165, 1.54) is 5.56 Å². The van der Waals surface area contributed by atoms with Crippen molar-refractivity contribution in [3.8, 4) is 0 Å². The van der Waals surface area contributed by atoms with Gasteiger partial charge in [-0.2, -0.15) is 0 Å². The number of carbonyl (C=O) groups is 2. The summed E-state index contributed by atoms with van der Waals surface area (Å²) >= 11 is 0. The normalized spacial score (nSPS) is 13.7. The van der Waals surface area contributed by atoms with Crippen LogP contribution >= 0.6 is 0 Å². The average Bonchev–Trinajstić information content (AvgIpc) is 2.93. The van der Waals surface area contributed by atoms with Gasteiger partial charge >= 0.3 is 11.9 Å². The Balaban J connectivity index is 2.43. The molecule has 5 nitrogen and oxygen atoms in total. The Hall–Kier alpha value is -2.30. The van der Waals surface area contributed by atoms with E-state index in [0.717, 1.165) is 34.4 Å². The van der Waals surface area contributed by atoms with Crippen LogP contribution in [-0.2, 0) is 29.0 Å². The van der Waals surface area contributed by atoms with Crippen molar-refractivity contribution < 1.29 is 19.4 Å². The molecule has 0 fully saturated rings. The molecule has 1 aromatic rings. The van der Waals surface area contributed by atoms with E-state index < -0.39 is 5.97 Å². The van der Waals surface area contributed by atoms with E-state index in [1.54, 1.807) is 0 Å². The third-order valence-electron chi connectivity index (χ3n) is 4.67. The van der Waals surface area contributed by atoms with Gasteiger partial charge in [-0.25, -0.2) is 4.79 Å². The fraction of sp³-hybridized carbons (Fsp3) is 0.474. The number of hydrogen-bond acceptors (Lipinski definition) is 4. The topological polar surface area (TPSA) is 75.6 Å². The summed E-state index contributed by atoms with van der Waals surface area (Å²) in [7, 11) is 1.82. The second-order valence-electron chi connectivity index (χ2n) is 6.14. The summed E-state index contributed by atoms with van der Waals surface area (Å²) in [5, 5.41) is 12.0. The molecule has 0 amide bonds. The number of hydrogen-bond donors (Lipinski definition) is 2. The lowest BCUT2D eigenvalue weighted by molar-refractivity contribution is -0.136. The average molecular weight is 331 g/mol. The van der Waals surface area contributed by atoms with Crippen molar-refractivity contribution in [3.05, 3.63) is 39.5 Å². The van der Waals surface area contributed by atoms with Crippen molar-refractivity contribution in [3.63, 3.8) is 0 Å². The van der Waals surface area contributed by atoms with Gasteiger partial charge in [-0.15, -0.1) is 0 Å². The Morgan fingerprint density at radius 3 is 2.62 bits per heavy atom. The highest BCUT2D eigenvalue weighted by Gasteiger charge is 2.30. The number of rotatable bonds is 7. The first-order valence-electron chi connectivity index (χ1n) is 8.30. The van der Waals surface area contributed by atoms with E-state index in [-0.39, 0.29) is 12.4 Å². The number of ether oxygens (including phenoxy) is 1. The maximum absolute atomic E-state index is 12.1. The molecule has 2 rings (SSSR count). The molecule has 24 heavy (non-hydrogen) atoms.